The standard InChI is InChI=1S/C16H24O4SSi/c1-19-15(11-8-12-21(18)20-22(2,3)4)13-16(17)14-9-6-5-7-10-14/h5-11,15H,12-13H2,1-4H3/b11-8-. The third-order valence-corrected chi connectivity index (χ3v) is 5.92. The minimum atomic E-state index is -1.80. The van der Waals surface area contributed by atoms with Crippen molar-refractivity contribution >= 4 is 25.2 Å². The minimum Gasteiger partial charge on any atom is -0.377 e. The largest absolute Gasteiger partial charge is 0.377 e. The quantitative estimate of drug-likeness (QED) is 0.393. The lowest BCUT2D eigenvalue weighted by Crippen LogP contribution is -2.27. The molecule has 0 aromatic heterocycles. The number of carbonyl (C=O) groups excluding carboxylic acids is 1. The second-order valence-electron chi connectivity index (χ2n) is 5.86. The van der Waals surface area contributed by atoms with Crippen molar-refractivity contribution in [2.45, 2.75) is 32.2 Å². The highest BCUT2D eigenvalue weighted by molar-refractivity contribution is 7.81. The lowest BCUT2D eigenvalue weighted by atomic mass is 10.1. The first-order valence-corrected chi connectivity index (χ1v) is 11.8. The second kappa shape index (κ2) is 9.15. The number of ether oxygens (including phenoxy) is 1. The first-order valence-electron chi connectivity index (χ1n) is 7.17. The Morgan fingerprint density at radius 2 is 1.91 bits per heavy atom. The molecule has 22 heavy (non-hydrogen) atoms. The molecule has 0 bridgehead atoms. The fourth-order valence-corrected chi connectivity index (χ4v) is 4.52. The Kier molecular flexibility index (Phi) is 7.88. The van der Waals surface area contributed by atoms with Crippen LogP contribution in [0.2, 0.25) is 19.6 Å². The molecule has 1 aromatic carbocycles. The Balaban J connectivity index is 2.50. The van der Waals surface area contributed by atoms with Crippen molar-refractivity contribution in [3.8, 4) is 0 Å². The van der Waals surface area contributed by atoms with E-state index < -0.39 is 19.4 Å². The predicted molar refractivity (Wildman–Crippen MR) is 92.8 cm³/mol. The van der Waals surface area contributed by atoms with Crippen molar-refractivity contribution in [3.05, 3.63) is 48.0 Å². The number of carbonyl (C=O) groups is 1. The Morgan fingerprint density at radius 3 is 2.45 bits per heavy atom. The summed E-state index contributed by atoms with van der Waals surface area (Å²) in [5, 5.41) is 0. The number of Topliss-reactive ketones (excluding diaryl/α,β-unsaturated/α-hetero) is 1. The number of hydrogen-bond acceptors (Lipinski definition) is 4. The average Bonchev–Trinajstić information content (AvgIpc) is 2.45. The summed E-state index contributed by atoms with van der Waals surface area (Å²) >= 11 is -1.32. The highest BCUT2D eigenvalue weighted by Crippen LogP contribution is 2.09. The van der Waals surface area contributed by atoms with E-state index in [1.54, 1.807) is 31.4 Å². The maximum Gasteiger partial charge on any atom is 0.205 e. The van der Waals surface area contributed by atoms with Crippen molar-refractivity contribution in [1.82, 2.24) is 0 Å². The van der Waals surface area contributed by atoms with Gasteiger partial charge in [0.15, 0.2) is 5.78 Å². The van der Waals surface area contributed by atoms with Crippen LogP contribution in [-0.2, 0) is 19.7 Å². The lowest BCUT2D eigenvalue weighted by molar-refractivity contribution is 0.0852. The molecule has 0 amide bonds. The second-order valence-corrected chi connectivity index (χ2v) is 11.7. The molecule has 2 unspecified atom stereocenters. The maximum atomic E-state index is 12.1. The Hall–Kier alpha value is -1.08. The molecule has 2 atom stereocenters. The van der Waals surface area contributed by atoms with Crippen molar-refractivity contribution in [2.24, 2.45) is 0 Å². The van der Waals surface area contributed by atoms with Gasteiger partial charge in [-0.1, -0.05) is 42.5 Å². The molecule has 122 valence electrons. The predicted octanol–water partition coefficient (Wildman–Crippen LogP) is 3.35. The molecule has 0 radical (unpaired) electrons. The molecule has 0 fully saturated rings. The maximum absolute atomic E-state index is 12.1. The van der Waals surface area contributed by atoms with Gasteiger partial charge in [-0.25, -0.2) is 4.21 Å². The summed E-state index contributed by atoms with van der Waals surface area (Å²) in [5.74, 6) is 0.334. The zero-order chi connectivity index (χ0) is 16.6. The van der Waals surface area contributed by atoms with Gasteiger partial charge in [0.2, 0.25) is 8.32 Å². The van der Waals surface area contributed by atoms with E-state index in [2.05, 4.69) is 0 Å². The Labute approximate surface area is 136 Å². The monoisotopic (exact) mass is 340 g/mol. The molecule has 0 saturated carbocycles. The van der Waals surface area contributed by atoms with Crippen LogP contribution in [0.3, 0.4) is 0 Å². The SMILES string of the molecule is COC(/C=C\CS(=O)O[Si](C)(C)C)CC(=O)c1ccccc1. The summed E-state index contributed by atoms with van der Waals surface area (Å²) in [5.41, 5.74) is 0.670. The average molecular weight is 341 g/mol. The van der Waals surface area contributed by atoms with E-state index in [1.807, 2.05) is 37.8 Å². The van der Waals surface area contributed by atoms with Gasteiger partial charge in [-0.15, -0.1) is 0 Å². The first kappa shape index (κ1) is 19.0. The van der Waals surface area contributed by atoms with Crippen LogP contribution in [0.5, 0.6) is 0 Å². The molecule has 0 aliphatic heterocycles. The summed E-state index contributed by atoms with van der Waals surface area (Å²) < 4.78 is 22.5. The number of ketones is 1. The highest BCUT2D eigenvalue weighted by Gasteiger charge is 2.18. The summed E-state index contributed by atoms with van der Waals surface area (Å²) in [4.78, 5) is 12.1. The summed E-state index contributed by atoms with van der Waals surface area (Å²) in [7, 11) is -0.237. The Bertz CT molecular complexity index is 523. The summed E-state index contributed by atoms with van der Waals surface area (Å²) in [6.07, 6.45) is 3.46. The zero-order valence-corrected chi connectivity index (χ0v) is 15.4. The fourth-order valence-electron chi connectivity index (χ4n) is 1.75. The van der Waals surface area contributed by atoms with Crippen molar-refractivity contribution < 1.29 is 17.6 Å². The van der Waals surface area contributed by atoms with Crippen LogP contribution in [0.4, 0.5) is 0 Å². The minimum absolute atomic E-state index is 0.0246. The highest BCUT2D eigenvalue weighted by atomic mass is 32.2. The normalized spacial score (nSPS) is 14.9. The van der Waals surface area contributed by atoms with E-state index in [0.717, 1.165) is 0 Å². The third kappa shape index (κ3) is 7.79. The molecule has 0 saturated heterocycles. The van der Waals surface area contributed by atoms with E-state index in [9.17, 15) is 9.00 Å². The van der Waals surface area contributed by atoms with Crippen molar-refractivity contribution in [3.63, 3.8) is 0 Å². The number of hydrogen-bond donors (Lipinski definition) is 0. The topological polar surface area (TPSA) is 52.6 Å². The smallest absolute Gasteiger partial charge is 0.205 e. The molecule has 4 nitrogen and oxygen atoms in total. The van der Waals surface area contributed by atoms with E-state index in [4.69, 9.17) is 8.61 Å². The van der Waals surface area contributed by atoms with Crippen molar-refractivity contribution in [2.75, 3.05) is 12.9 Å². The van der Waals surface area contributed by atoms with Gasteiger partial charge in [-0.05, 0) is 19.6 Å². The van der Waals surface area contributed by atoms with Crippen molar-refractivity contribution in [1.29, 1.82) is 0 Å². The molecule has 1 rings (SSSR count). The fraction of sp³-hybridized carbons (Fsp3) is 0.438. The number of benzene rings is 1. The summed E-state index contributed by atoms with van der Waals surface area (Å²) in [6, 6.07) is 9.12. The van der Waals surface area contributed by atoms with E-state index in [1.165, 1.54) is 0 Å². The third-order valence-electron chi connectivity index (χ3n) is 2.71. The molecule has 0 N–H and O–H groups in total. The molecule has 6 heteroatoms. The lowest BCUT2D eigenvalue weighted by Gasteiger charge is -2.14. The van der Waals surface area contributed by atoms with Crippen LogP contribution in [0.1, 0.15) is 16.8 Å². The number of methoxy groups -OCH3 is 1. The van der Waals surface area contributed by atoms with Crippen LogP contribution < -0.4 is 0 Å². The van der Waals surface area contributed by atoms with E-state index >= 15 is 0 Å². The molecule has 0 aliphatic carbocycles. The van der Waals surface area contributed by atoms with Crippen LogP contribution in [0, 0.1) is 0 Å². The van der Waals surface area contributed by atoms with Gasteiger partial charge >= 0.3 is 0 Å². The molecule has 1 aromatic rings. The van der Waals surface area contributed by atoms with Gasteiger partial charge in [-0.3, -0.25) is 4.79 Å². The van der Waals surface area contributed by atoms with Crippen LogP contribution in [0.25, 0.3) is 0 Å². The van der Waals surface area contributed by atoms with Gasteiger partial charge < -0.3 is 8.61 Å². The summed E-state index contributed by atoms with van der Waals surface area (Å²) in [6.45, 7) is 5.97. The van der Waals surface area contributed by atoms with E-state index in [-0.39, 0.29) is 18.3 Å². The van der Waals surface area contributed by atoms with Crippen LogP contribution in [0.15, 0.2) is 42.5 Å². The van der Waals surface area contributed by atoms with Gasteiger partial charge in [-0.2, -0.15) is 0 Å². The van der Waals surface area contributed by atoms with Gasteiger partial charge in [0.25, 0.3) is 0 Å². The van der Waals surface area contributed by atoms with Crippen LogP contribution in [-0.4, -0.2) is 37.3 Å². The molecule has 0 aliphatic rings. The molecular formula is C16H24O4SSi. The molecule has 0 heterocycles. The molecular weight excluding hydrogens is 316 g/mol. The van der Waals surface area contributed by atoms with Gasteiger partial charge in [0.1, 0.15) is 11.1 Å². The Morgan fingerprint density at radius 1 is 1.27 bits per heavy atom. The van der Waals surface area contributed by atoms with Gasteiger partial charge in [0, 0.05) is 19.1 Å². The first-order chi connectivity index (χ1) is 10.3. The van der Waals surface area contributed by atoms with Crippen LogP contribution >= 0.6 is 0 Å². The number of rotatable bonds is 9. The van der Waals surface area contributed by atoms with E-state index in [0.29, 0.717) is 11.3 Å². The molecule has 0 spiro atoms. The zero-order valence-electron chi connectivity index (χ0n) is 13.6. The van der Waals surface area contributed by atoms with Gasteiger partial charge in [0.05, 0.1) is 11.9 Å².